The monoisotopic (exact) mass is 434 g/mol. The third-order valence-corrected chi connectivity index (χ3v) is 5.50. The lowest BCUT2D eigenvalue weighted by atomic mass is 10.0. The van der Waals surface area contributed by atoms with Gasteiger partial charge in [-0.1, -0.05) is 30.3 Å². The van der Waals surface area contributed by atoms with Crippen molar-refractivity contribution in [3.63, 3.8) is 0 Å². The van der Waals surface area contributed by atoms with Crippen LogP contribution < -0.4 is 11.3 Å². The van der Waals surface area contributed by atoms with E-state index in [1.54, 1.807) is 54.6 Å². The largest absolute Gasteiger partial charge is 0.457 e. The molecule has 1 aliphatic rings. The summed E-state index contributed by atoms with van der Waals surface area (Å²) in [5.74, 6) is -1.83. The number of esters is 1. The Morgan fingerprint density at radius 2 is 1.75 bits per heavy atom. The van der Waals surface area contributed by atoms with Gasteiger partial charge in [-0.2, -0.15) is 0 Å². The maximum Gasteiger partial charge on any atom is 0.338 e. The van der Waals surface area contributed by atoms with Crippen molar-refractivity contribution in [2.45, 2.75) is 19.1 Å². The third-order valence-electron chi connectivity index (χ3n) is 5.50. The highest BCUT2D eigenvalue weighted by molar-refractivity contribution is 5.89. The first-order chi connectivity index (χ1) is 15.4. The summed E-state index contributed by atoms with van der Waals surface area (Å²) in [6.07, 6.45) is 0.645. The lowest BCUT2D eigenvalue weighted by Gasteiger charge is -2.18. The number of likely N-dealkylation sites (tertiary alicyclic amines) is 1. The van der Waals surface area contributed by atoms with Crippen molar-refractivity contribution in [3.05, 3.63) is 76.8 Å². The molecule has 0 bridgehead atoms. The minimum absolute atomic E-state index is 0.0198. The van der Waals surface area contributed by atoms with E-state index in [1.807, 2.05) is 0 Å². The van der Waals surface area contributed by atoms with Gasteiger partial charge in [0.05, 0.1) is 29.3 Å². The quantitative estimate of drug-likeness (QED) is 0.576. The van der Waals surface area contributed by atoms with E-state index >= 15 is 0 Å². The van der Waals surface area contributed by atoms with Gasteiger partial charge in [-0.15, -0.1) is 0 Å². The van der Waals surface area contributed by atoms with E-state index in [4.69, 9.17) is 10.5 Å². The zero-order valence-electron chi connectivity index (χ0n) is 17.2. The van der Waals surface area contributed by atoms with E-state index in [1.165, 1.54) is 15.8 Å². The second-order valence-electron chi connectivity index (χ2n) is 7.73. The minimum atomic E-state index is -0.675. The molecule has 0 saturated carbocycles. The molecule has 2 heterocycles. The van der Waals surface area contributed by atoms with Gasteiger partial charge in [0.25, 0.3) is 5.56 Å². The maximum atomic E-state index is 12.9. The molecule has 9 nitrogen and oxygen atoms in total. The zero-order chi connectivity index (χ0) is 22.7. The molecule has 2 atom stereocenters. The third kappa shape index (κ3) is 4.51. The van der Waals surface area contributed by atoms with Gasteiger partial charge in [0.1, 0.15) is 12.6 Å². The lowest BCUT2D eigenvalue weighted by Crippen LogP contribution is -2.36. The van der Waals surface area contributed by atoms with Crippen LogP contribution in [0.2, 0.25) is 0 Å². The number of amides is 2. The summed E-state index contributed by atoms with van der Waals surface area (Å²) in [5, 5.41) is 0.422. The van der Waals surface area contributed by atoms with Crippen LogP contribution in [0, 0.1) is 5.92 Å². The summed E-state index contributed by atoms with van der Waals surface area (Å²) < 4.78 is 6.85. The van der Waals surface area contributed by atoms with Crippen molar-refractivity contribution in [2.75, 3.05) is 13.1 Å². The van der Waals surface area contributed by atoms with Crippen LogP contribution in [0.4, 0.5) is 0 Å². The molecule has 2 N–H and O–H groups in total. The highest BCUT2D eigenvalue weighted by Gasteiger charge is 2.38. The molecule has 9 heteroatoms. The van der Waals surface area contributed by atoms with Crippen LogP contribution in [0.25, 0.3) is 10.9 Å². The molecule has 1 aliphatic heterocycles. The molecule has 0 radical (unpaired) electrons. The summed E-state index contributed by atoms with van der Waals surface area (Å²) in [5.41, 5.74) is 5.97. The second kappa shape index (κ2) is 9.01. The first-order valence-corrected chi connectivity index (χ1v) is 10.2. The number of rotatable bonds is 6. The average molecular weight is 434 g/mol. The van der Waals surface area contributed by atoms with Crippen molar-refractivity contribution in [3.8, 4) is 0 Å². The molecule has 0 unspecified atom stereocenters. The Morgan fingerprint density at radius 3 is 2.50 bits per heavy atom. The van der Waals surface area contributed by atoms with Crippen LogP contribution in [0.1, 0.15) is 16.8 Å². The predicted octanol–water partition coefficient (Wildman–Crippen LogP) is 0.956. The summed E-state index contributed by atoms with van der Waals surface area (Å²) in [7, 11) is 0. The van der Waals surface area contributed by atoms with Gasteiger partial charge in [0.2, 0.25) is 11.8 Å². The number of nitrogens with two attached hydrogens (primary N) is 1. The SMILES string of the molecule is NC(=O)C[C@H]1CN(C(=O)Cn2cnc3ccccc3c2=O)C[C@H]1OC(=O)c1ccccc1. The number of benzene rings is 2. The molecular formula is C23H22N4O5. The second-order valence-corrected chi connectivity index (χ2v) is 7.73. The Balaban J connectivity index is 1.49. The normalized spacial score (nSPS) is 17.9. The smallest absolute Gasteiger partial charge is 0.338 e. The Kier molecular flexibility index (Phi) is 5.98. The van der Waals surface area contributed by atoms with Crippen LogP contribution >= 0.6 is 0 Å². The summed E-state index contributed by atoms with van der Waals surface area (Å²) in [4.78, 5) is 55.3. The molecular weight excluding hydrogens is 412 g/mol. The van der Waals surface area contributed by atoms with Crippen LogP contribution in [0.5, 0.6) is 0 Å². The molecule has 4 rings (SSSR count). The first-order valence-electron chi connectivity index (χ1n) is 10.2. The average Bonchev–Trinajstić information content (AvgIpc) is 3.18. The number of aromatic nitrogens is 2. The van der Waals surface area contributed by atoms with Crippen LogP contribution in [0.3, 0.4) is 0 Å². The van der Waals surface area contributed by atoms with Gasteiger partial charge in [0, 0.05) is 18.9 Å². The zero-order valence-corrected chi connectivity index (χ0v) is 17.2. The van der Waals surface area contributed by atoms with Crippen molar-refractivity contribution in [1.82, 2.24) is 14.5 Å². The summed E-state index contributed by atoms with van der Waals surface area (Å²) in [6, 6.07) is 15.4. The molecule has 2 aromatic carbocycles. The predicted molar refractivity (Wildman–Crippen MR) is 116 cm³/mol. The Labute approximate surface area is 183 Å². The van der Waals surface area contributed by atoms with E-state index < -0.39 is 23.9 Å². The van der Waals surface area contributed by atoms with Gasteiger partial charge in [-0.3, -0.25) is 19.0 Å². The van der Waals surface area contributed by atoms with Gasteiger partial charge in [-0.25, -0.2) is 9.78 Å². The van der Waals surface area contributed by atoms with Crippen LogP contribution in [0.15, 0.2) is 65.7 Å². The number of primary amides is 1. The minimum Gasteiger partial charge on any atom is -0.457 e. The number of ether oxygens (including phenoxy) is 1. The van der Waals surface area contributed by atoms with Crippen LogP contribution in [-0.2, 0) is 20.9 Å². The standard InChI is InChI=1S/C23H22N4O5/c24-20(28)10-16-11-26(12-19(16)32-23(31)15-6-2-1-3-7-15)21(29)13-27-14-25-18-9-5-4-8-17(18)22(27)30/h1-9,14,16,19H,10-13H2,(H2,24,28)/t16-,19+/m0/s1. The number of carbonyl (C=O) groups is 3. The topological polar surface area (TPSA) is 125 Å². The van der Waals surface area contributed by atoms with E-state index in [9.17, 15) is 19.2 Å². The Hall–Kier alpha value is -4.01. The maximum absolute atomic E-state index is 12.9. The molecule has 3 aromatic rings. The van der Waals surface area contributed by atoms with E-state index in [0.717, 1.165) is 0 Å². The number of hydrogen-bond acceptors (Lipinski definition) is 6. The molecule has 32 heavy (non-hydrogen) atoms. The number of carbonyl (C=O) groups excluding carboxylic acids is 3. The van der Waals surface area contributed by atoms with Crippen molar-refractivity contribution in [2.24, 2.45) is 11.7 Å². The molecule has 1 fully saturated rings. The van der Waals surface area contributed by atoms with Crippen molar-refractivity contribution >= 4 is 28.7 Å². The highest BCUT2D eigenvalue weighted by atomic mass is 16.5. The van der Waals surface area contributed by atoms with Crippen molar-refractivity contribution in [1.29, 1.82) is 0 Å². The van der Waals surface area contributed by atoms with Gasteiger partial charge in [0.15, 0.2) is 0 Å². The van der Waals surface area contributed by atoms with Crippen LogP contribution in [-0.4, -0.2) is 51.4 Å². The van der Waals surface area contributed by atoms with Gasteiger partial charge in [-0.05, 0) is 24.3 Å². The van der Waals surface area contributed by atoms with E-state index in [0.29, 0.717) is 16.5 Å². The molecule has 1 saturated heterocycles. The molecule has 2 amide bonds. The number of para-hydroxylation sites is 1. The molecule has 0 spiro atoms. The van der Waals surface area contributed by atoms with E-state index in [2.05, 4.69) is 4.98 Å². The summed E-state index contributed by atoms with van der Waals surface area (Å²) >= 11 is 0. The van der Waals surface area contributed by atoms with E-state index in [-0.39, 0.29) is 37.5 Å². The molecule has 0 aliphatic carbocycles. The fraction of sp³-hybridized carbons (Fsp3) is 0.261. The highest BCUT2D eigenvalue weighted by Crippen LogP contribution is 2.24. The van der Waals surface area contributed by atoms with Gasteiger partial charge < -0.3 is 15.4 Å². The lowest BCUT2D eigenvalue weighted by molar-refractivity contribution is -0.131. The Morgan fingerprint density at radius 1 is 1.03 bits per heavy atom. The number of fused-ring (bicyclic) bond motifs is 1. The fourth-order valence-corrected chi connectivity index (χ4v) is 3.88. The number of nitrogens with zero attached hydrogens (tertiary/aromatic N) is 3. The van der Waals surface area contributed by atoms with Gasteiger partial charge >= 0.3 is 5.97 Å². The number of hydrogen-bond donors (Lipinski definition) is 1. The Bertz CT molecular complexity index is 1220. The first kappa shape index (κ1) is 21.2. The molecule has 164 valence electrons. The molecule has 1 aromatic heterocycles. The summed E-state index contributed by atoms with van der Waals surface area (Å²) in [6.45, 7) is 0.106. The fourth-order valence-electron chi connectivity index (χ4n) is 3.88. The van der Waals surface area contributed by atoms with Crippen molar-refractivity contribution < 1.29 is 19.1 Å².